The van der Waals surface area contributed by atoms with E-state index < -0.39 is 0 Å². The highest BCUT2D eigenvalue weighted by Crippen LogP contribution is 2.20. The molecular weight excluding hydrogens is 238 g/mol. The van der Waals surface area contributed by atoms with E-state index in [9.17, 15) is 9.90 Å². The van der Waals surface area contributed by atoms with Crippen LogP contribution in [0.4, 0.5) is 5.69 Å². The van der Waals surface area contributed by atoms with Crippen molar-refractivity contribution < 1.29 is 9.90 Å². The Morgan fingerprint density at radius 1 is 1.11 bits per heavy atom. The van der Waals surface area contributed by atoms with E-state index in [1.807, 2.05) is 43.3 Å². The lowest BCUT2D eigenvalue weighted by atomic mass is 10.1. The molecule has 1 N–H and O–H groups in total. The van der Waals surface area contributed by atoms with Crippen molar-refractivity contribution in [3.63, 3.8) is 0 Å². The average Bonchev–Trinajstić information content (AvgIpc) is 2.41. The van der Waals surface area contributed by atoms with Crippen molar-refractivity contribution in [2.45, 2.75) is 13.3 Å². The molecule has 0 saturated carbocycles. The van der Waals surface area contributed by atoms with E-state index in [0.717, 1.165) is 11.3 Å². The van der Waals surface area contributed by atoms with Crippen LogP contribution in [-0.4, -0.2) is 17.6 Å². The van der Waals surface area contributed by atoms with Crippen molar-refractivity contribution in [1.29, 1.82) is 0 Å². The Morgan fingerprint density at radius 2 is 1.84 bits per heavy atom. The van der Waals surface area contributed by atoms with Gasteiger partial charge in [0.2, 0.25) is 5.91 Å². The number of aromatic hydroxyl groups is 1. The summed E-state index contributed by atoms with van der Waals surface area (Å²) in [5.74, 6) is 0.197. The van der Waals surface area contributed by atoms with Crippen LogP contribution in [0.2, 0.25) is 0 Å². The number of hydrogen-bond acceptors (Lipinski definition) is 2. The van der Waals surface area contributed by atoms with Crippen molar-refractivity contribution in [3.05, 3.63) is 60.2 Å². The van der Waals surface area contributed by atoms with Gasteiger partial charge in [0.15, 0.2) is 0 Å². The van der Waals surface area contributed by atoms with Gasteiger partial charge in [0.1, 0.15) is 5.75 Å². The Labute approximate surface area is 113 Å². The summed E-state index contributed by atoms with van der Waals surface area (Å²) in [6.45, 7) is 2.50. The molecule has 0 bridgehead atoms. The molecule has 0 aliphatic heterocycles. The first-order chi connectivity index (χ1) is 9.20. The van der Waals surface area contributed by atoms with Crippen LogP contribution in [0.3, 0.4) is 0 Å². The third-order valence-electron chi connectivity index (χ3n) is 2.96. The van der Waals surface area contributed by atoms with Gasteiger partial charge in [0.25, 0.3) is 0 Å². The minimum Gasteiger partial charge on any atom is -0.508 e. The summed E-state index contributed by atoms with van der Waals surface area (Å²) in [6.07, 6.45) is 0.365. The summed E-state index contributed by atoms with van der Waals surface area (Å²) in [6, 6.07) is 16.4. The molecule has 0 aliphatic carbocycles. The molecule has 0 atom stereocenters. The molecule has 0 unspecified atom stereocenters. The summed E-state index contributed by atoms with van der Waals surface area (Å²) in [5.41, 5.74) is 1.72. The van der Waals surface area contributed by atoms with Crippen LogP contribution in [0.5, 0.6) is 5.75 Å². The number of likely N-dealkylation sites (N-methyl/N-ethyl adjacent to an activating group) is 1. The summed E-state index contributed by atoms with van der Waals surface area (Å²) in [7, 11) is 0. The molecule has 0 saturated heterocycles. The van der Waals surface area contributed by atoms with Gasteiger partial charge in [-0.25, -0.2) is 0 Å². The maximum Gasteiger partial charge on any atom is 0.231 e. The Hall–Kier alpha value is -2.29. The van der Waals surface area contributed by atoms with Gasteiger partial charge in [-0.15, -0.1) is 0 Å². The second-order valence-electron chi connectivity index (χ2n) is 4.32. The number of amides is 1. The quantitative estimate of drug-likeness (QED) is 0.912. The number of carbonyl (C=O) groups excluding carboxylic acids is 1. The highest BCUT2D eigenvalue weighted by Gasteiger charge is 2.14. The number of nitrogens with zero attached hydrogens (tertiary/aromatic N) is 1. The van der Waals surface area contributed by atoms with Gasteiger partial charge >= 0.3 is 0 Å². The first kappa shape index (κ1) is 13.1. The molecule has 0 aliphatic rings. The Kier molecular flexibility index (Phi) is 4.18. The van der Waals surface area contributed by atoms with E-state index in [-0.39, 0.29) is 11.7 Å². The predicted molar refractivity (Wildman–Crippen MR) is 76.3 cm³/mol. The minimum absolute atomic E-state index is 0.0271. The molecule has 0 fully saturated rings. The second-order valence-corrected chi connectivity index (χ2v) is 4.32. The fourth-order valence-electron chi connectivity index (χ4n) is 2.03. The standard InChI is InChI=1S/C16H17NO2/c1-2-17(14-9-6-10-15(18)12-14)16(19)11-13-7-4-3-5-8-13/h3-10,12,18H,2,11H2,1H3. The zero-order chi connectivity index (χ0) is 13.7. The molecule has 98 valence electrons. The van der Waals surface area contributed by atoms with E-state index >= 15 is 0 Å². The van der Waals surface area contributed by atoms with Crippen LogP contribution in [0.25, 0.3) is 0 Å². The van der Waals surface area contributed by atoms with E-state index in [1.165, 1.54) is 0 Å². The topological polar surface area (TPSA) is 40.5 Å². The van der Waals surface area contributed by atoms with Crippen LogP contribution >= 0.6 is 0 Å². The lowest BCUT2D eigenvalue weighted by Crippen LogP contribution is -2.31. The van der Waals surface area contributed by atoms with Crippen LogP contribution < -0.4 is 4.90 Å². The smallest absolute Gasteiger partial charge is 0.231 e. The lowest BCUT2D eigenvalue weighted by molar-refractivity contribution is -0.117. The second kappa shape index (κ2) is 6.05. The van der Waals surface area contributed by atoms with Crippen LogP contribution in [0.15, 0.2) is 54.6 Å². The van der Waals surface area contributed by atoms with E-state index in [2.05, 4.69) is 0 Å². The van der Waals surface area contributed by atoms with E-state index in [4.69, 9.17) is 0 Å². The summed E-state index contributed by atoms with van der Waals surface area (Å²) in [4.78, 5) is 14.0. The molecule has 1 amide bonds. The van der Waals surface area contributed by atoms with Crippen molar-refractivity contribution in [2.75, 3.05) is 11.4 Å². The number of phenols is 1. The predicted octanol–water partition coefficient (Wildman–Crippen LogP) is 2.99. The van der Waals surface area contributed by atoms with E-state index in [0.29, 0.717) is 13.0 Å². The molecular formula is C16H17NO2. The highest BCUT2D eigenvalue weighted by molar-refractivity contribution is 5.94. The van der Waals surface area contributed by atoms with Gasteiger partial charge in [-0.3, -0.25) is 4.79 Å². The third kappa shape index (κ3) is 3.35. The Morgan fingerprint density at radius 3 is 2.47 bits per heavy atom. The van der Waals surface area contributed by atoms with Crippen molar-refractivity contribution in [3.8, 4) is 5.75 Å². The summed E-state index contributed by atoms with van der Waals surface area (Å²) < 4.78 is 0. The Bertz CT molecular complexity index is 552. The Balaban J connectivity index is 2.16. The van der Waals surface area contributed by atoms with Gasteiger partial charge < -0.3 is 10.0 Å². The van der Waals surface area contributed by atoms with Crippen molar-refractivity contribution in [2.24, 2.45) is 0 Å². The normalized spacial score (nSPS) is 10.2. The lowest BCUT2D eigenvalue weighted by Gasteiger charge is -2.21. The number of benzene rings is 2. The van der Waals surface area contributed by atoms with Gasteiger partial charge in [-0.2, -0.15) is 0 Å². The number of phenolic OH excluding ortho intramolecular Hbond substituents is 1. The summed E-state index contributed by atoms with van der Waals surface area (Å²) >= 11 is 0. The fraction of sp³-hybridized carbons (Fsp3) is 0.188. The SMILES string of the molecule is CCN(C(=O)Cc1ccccc1)c1cccc(O)c1. The highest BCUT2D eigenvalue weighted by atomic mass is 16.3. The maximum absolute atomic E-state index is 12.3. The van der Waals surface area contributed by atoms with Crippen LogP contribution in [0.1, 0.15) is 12.5 Å². The van der Waals surface area contributed by atoms with Gasteiger partial charge in [0.05, 0.1) is 6.42 Å². The van der Waals surface area contributed by atoms with Crippen LogP contribution in [-0.2, 0) is 11.2 Å². The van der Waals surface area contributed by atoms with Crippen LogP contribution in [0, 0.1) is 0 Å². The molecule has 0 spiro atoms. The molecule has 0 aromatic heterocycles. The van der Waals surface area contributed by atoms with Crippen molar-refractivity contribution >= 4 is 11.6 Å². The molecule has 3 nitrogen and oxygen atoms in total. The molecule has 19 heavy (non-hydrogen) atoms. The molecule has 2 rings (SSSR count). The number of rotatable bonds is 4. The van der Waals surface area contributed by atoms with Gasteiger partial charge in [-0.05, 0) is 24.6 Å². The monoisotopic (exact) mass is 255 g/mol. The number of carbonyl (C=O) groups is 1. The zero-order valence-electron chi connectivity index (χ0n) is 10.9. The van der Waals surface area contributed by atoms with E-state index in [1.54, 1.807) is 23.1 Å². The first-order valence-corrected chi connectivity index (χ1v) is 6.34. The molecule has 2 aromatic carbocycles. The zero-order valence-corrected chi connectivity index (χ0v) is 10.9. The molecule has 0 radical (unpaired) electrons. The first-order valence-electron chi connectivity index (χ1n) is 6.34. The largest absolute Gasteiger partial charge is 0.508 e. The minimum atomic E-state index is 0.0271. The average molecular weight is 255 g/mol. The number of hydrogen-bond donors (Lipinski definition) is 1. The van der Waals surface area contributed by atoms with Gasteiger partial charge in [0, 0.05) is 18.3 Å². The maximum atomic E-state index is 12.3. The molecule has 3 heteroatoms. The number of anilines is 1. The fourth-order valence-corrected chi connectivity index (χ4v) is 2.03. The van der Waals surface area contributed by atoms with Gasteiger partial charge in [-0.1, -0.05) is 36.4 Å². The third-order valence-corrected chi connectivity index (χ3v) is 2.96. The molecule has 2 aromatic rings. The molecule has 0 heterocycles. The summed E-state index contributed by atoms with van der Waals surface area (Å²) in [5, 5.41) is 9.49. The van der Waals surface area contributed by atoms with Crippen molar-refractivity contribution in [1.82, 2.24) is 0 Å².